The van der Waals surface area contributed by atoms with E-state index in [0.717, 1.165) is 11.1 Å². The molecule has 3 aromatic rings. The number of hydrogen-bond donors (Lipinski definition) is 1. The van der Waals surface area contributed by atoms with Crippen molar-refractivity contribution in [2.24, 2.45) is 0 Å². The Morgan fingerprint density at radius 3 is 2.69 bits per heavy atom. The highest BCUT2D eigenvalue weighted by atomic mass is 32.2. The minimum Gasteiger partial charge on any atom is -0.462 e. The SMILES string of the molecule is CCOC(=O)c1ccc2c(c1)nc(SCC(=O)Nc1ccc(C)cc1F)n2CC. The summed E-state index contributed by atoms with van der Waals surface area (Å²) >= 11 is 1.26. The molecule has 1 amide bonds. The van der Waals surface area contributed by atoms with Crippen molar-refractivity contribution in [1.82, 2.24) is 9.55 Å². The number of ether oxygens (including phenoxy) is 1. The van der Waals surface area contributed by atoms with Crippen LogP contribution >= 0.6 is 11.8 Å². The van der Waals surface area contributed by atoms with Gasteiger partial charge in [0.2, 0.25) is 5.91 Å². The maximum absolute atomic E-state index is 13.9. The van der Waals surface area contributed by atoms with Crippen LogP contribution in [0.5, 0.6) is 0 Å². The van der Waals surface area contributed by atoms with Crippen molar-refractivity contribution < 1.29 is 18.7 Å². The topological polar surface area (TPSA) is 73.2 Å². The molecule has 1 heterocycles. The fourth-order valence-corrected chi connectivity index (χ4v) is 3.78. The summed E-state index contributed by atoms with van der Waals surface area (Å²) in [7, 11) is 0. The van der Waals surface area contributed by atoms with Gasteiger partial charge in [-0.2, -0.15) is 0 Å². The van der Waals surface area contributed by atoms with E-state index in [1.807, 2.05) is 17.6 Å². The normalized spacial score (nSPS) is 10.9. The minimum atomic E-state index is -0.462. The maximum Gasteiger partial charge on any atom is 0.338 e. The maximum atomic E-state index is 13.9. The molecular weight excluding hydrogens is 393 g/mol. The summed E-state index contributed by atoms with van der Waals surface area (Å²) < 4.78 is 20.9. The number of nitrogens with one attached hydrogen (secondary N) is 1. The van der Waals surface area contributed by atoms with Crippen LogP contribution < -0.4 is 5.32 Å². The lowest BCUT2D eigenvalue weighted by Crippen LogP contribution is -2.15. The van der Waals surface area contributed by atoms with Gasteiger partial charge in [0.1, 0.15) is 5.82 Å². The van der Waals surface area contributed by atoms with Crippen molar-refractivity contribution in [1.29, 1.82) is 0 Å². The van der Waals surface area contributed by atoms with Gasteiger partial charge in [0.25, 0.3) is 0 Å². The predicted molar refractivity (Wildman–Crippen MR) is 112 cm³/mol. The first-order valence-electron chi connectivity index (χ1n) is 9.29. The van der Waals surface area contributed by atoms with Crippen molar-refractivity contribution in [3.63, 3.8) is 0 Å². The Balaban J connectivity index is 1.75. The molecule has 0 spiro atoms. The molecule has 6 nitrogen and oxygen atoms in total. The Hall–Kier alpha value is -2.87. The number of imidazole rings is 1. The van der Waals surface area contributed by atoms with Gasteiger partial charge in [0.05, 0.1) is 34.6 Å². The second-order valence-corrected chi connectivity index (χ2v) is 7.33. The summed E-state index contributed by atoms with van der Waals surface area (Å²) in [5.41, 5.74) is 2.90. The average Bonchev–Trinajstić information content (AvgIpc) is 3.05. The lowest BCUT2D eigenvalue weighted by atomic mass is 10.2. The number of amides is 1. The molecule has 0 bridgehead atoms. The van der Waals surface area contributed by atoms with E-state index < -0.39 is 11.8 Å². The zero-order valence-electron chi connectivity index (χ0n) is 16.5. The van der Waals surface area contributed by atoms with Crippen LogP contribution in [0.25, 0.3) is 11.0 Å². The molecule has 1 aromatic heterocycles. The van der Waals surface area contributed by atoms with Gasteiger partial charge in [0.15, 0.2) is 5.16 Å². The molecule has 2 aromatic carbocycles. The van der Waals surface area contributed by atoms with Crippen molar-refractivity contribution in [2.45, 2.75) is 32.5 Å². The molecule has 152 valence electrons. The molecule has 29 heavy (non-hydrogen) atoms. The lowest BCUT2D eigenvalue weighted by molar-refractivity contribution is -0.113. The number of rotatable bonds is 7. The van der Waals surface area contributed by atoms with Crippen LogP contribution in [0.1, 0.15) is 29.8 Å². The van der Waals surface area contributed by atoms with Crippen LogP contribution in [0.2, 0.25) is 0 Å². The molecule has 0 saturated carbocycles. The number of esters is 1. The number of halogens is 1. The number of anilines is 1. The Bertz CT molecular complexity index is 1060. The summed E-state index contributed by atoms with van der Waals surface area (Å²) in [6.45, 7) is 6.48. The van der Waals surface area contributed by atoms with Crippen LogP contribution in [0, 0.1) is 12.7 Å². The zero-order chi connectivity index (χ0) is 21.0. The van der Waals surface area contributed by atoms with E-state index in [1.54, 1.807) is 38.1 Å². The first-order chi connectivity index (χ1) is 13.9. The van der Waals surface area contributed by atoms with E-state index in [-0.39, 0.29) is 17.3 Å². The van der Waals surface area contributed by atoms with E-state index in [4.69, 9.17) is 4.74 Å². The fourth-order valence-electron chi connectivity index (χ4n) is 2.90. The number of carbonyl (C=O) groups is 2. The van der Waals surface area contributed by atoms with E-state index in [2.05, 4.69) is 10.3 Å². The second kappa shape index (κ2) is 9.09. The van der Waals surface area contributed by atoms with Crippen LogP contribution in [0.4, 0.5) is 10.1 Å². The lowest BCUT2D eigenvalue weighted by Gasteiger charge is -2.08. The molecule has 0 saturated heterocycles. The van der Waals surface area contributed by atoms with Crippen molar-refractivity contribution in [3.05, 3.63) is 53.3 Å². The van der Waals surface area contributed by atoms with Crippen LogP contribution in [0.15, 0.2) is 41.6 Å². The smallest absolute Gasteiger partial charge is 0.338 e. The van der Waals surface area contributed by atoms with E-state index in [0.29, 0.717) is 29.4 Å². The molecule has 0 aliphatic carbocycles. The first kappa shape index (κ1) is 20.9. The largest absolute Gasteiger partial charge is 0.462 e. The average molecular weight is 415 g/mol. The van der Waals surface area contributed by atoms with E-state index >= 15 is 0 Å². The summed E-state index contributed by atoms with van der Waals surface area (Å²) in [5, 5.41) is 3.24. The highest BCUT2D eigenvalue weighted by molar-refractivity contribution is 7.99. The number of thioether (sulfide) groups is 1. The van der Waals surface area contributed by atoms with Gasteiger partial charge in [-0.25, -0.2) is 14.2 Å². The predicted octanol–water partition coefficient (Wildman–Crippen LogP) is 4.41. The molecule has 1 N–H and O–H groups in total. The highest BCUT2D eigenvalue weighted by Crippen LogP contribution is 2.25. The quantitative estimate of drug-likeness (QED) is 0.457. The molecule has 0 aliphatic rings. The number of benzene rings is 2. The minimum absolute atomic E-state index is 0.0847. The van der Waals surface area contributed by atoms with Gasteiger partial charge >= 0.3 is 5.97 Å². The first-order valence-corrected chi connectivity index (χ1v) is 10.3. The Labute approximate surface area is 172 Å². The Kier molecular flexibility index (Phi) is 6.53. The third-order valence-corrected chi connectivity index (χ3v) is 5.25. The van der Waals surface area contributed by atoms with Gasteiger partial charge in [-0.15, -0.1) is 0 Å². The molecule has 0 atom stereocenters. The number of carbonyl (C=O) groups excluding carboxylic acids is 2. The van der Waals surface area contributed by atoms with Gasteiger partial charge in [0, 0.05) is 6.54 Å². The third-order valence-electron chi connectivity index (χ3n) is 4.27. The van der Waals surface area contributed by atoms with E-state index in [1.165, 1.54) is 17.8 Å². The number of hydrogen-bond acceptors (Lipinski definition) is 5. The number of fused-ring (bicyclic) bond motifs is 1. The van der Waals surface area contributed by atoms with Crippen molar-refractivity contribution in [2.75, 3.05) is 17.7 Å². The Morgan fingerprint density at radius 1 is 1.21 bits per heavy atom. The summed E-state index contributed by atoms with van der Waals surface area (Å²) in [6.07, 6.45) is 0. The van der Waals surface area contributed by atoms with E-state index in [9.17, 15) is 14.0 Å². The summed E-state index contributed by atoms with van der Waals surface area (Å²) in [6, 6.07) is 9.87. The second-order valence-electron chi connectivity index (χ2n) is 6.38. The molecule has 3 rings (SSSR count). The molecule has 0 radical (unpaired) electrons. The van der Waals surface area contributed by atoms with Crippen LogP contribution in [0.3, 0.4) is 0 Å². The highest BCUT2D eigenvalue weighted by Gasteiger charge is 2.15. The zero-order valence-corrected chi connectivity index (χ0v) is 17.3. The monoisotopic (exact) mass is 415 g/mol. The van der Waals surface area contributed by atoms with Crippen LogP contribution in [-0.4, -0.2) is 33.8 Å². The number of aryl methyl sites for hydroxylation is 2. The van der Waals surface area contributed by atoms with Gasteiger partial charge < -0.3 is 14.6 Å². The van der Waals surface area contributed by atoms with Gasteiger partial charge in [-0.05, 0) is 56.7 Å². The Morgan fingerprint density at radius 2 is 2.00 bits per heavy atom. The summed E-state index contributed by atoms with van der Waals surface area (Å²) in [5.74, 6) is -1.09. The molecule has 0 fully saturated rings. The number of aromatic nitrogens is 2. The molecule has 8 heteroatoms. The van der Waals surface area contributed by atoms with Crippen molar-refractivity contribution in [3.8, 4) is 0 Å². The van der Waals surface area contributed by atoms with Gasteiger partial charge in [-0.3, -0.25) is 4.79 Å². The van der Waals surface area contributed by atoms with Crippen LogP contribution in [-0.2, 0) is 16.1 Å². The third kappa shape index (κ3) is 4.76. The molecule has 0 aliphatic heterocycles. The molecular formula is C21H22FN3O3S. The molecule has 0 unspecified atom stereocenters. The standard InChI is InChI=1S/C21H22FN3O3S/c1-4-25-18-9-7-14(20(27)28-5-2)11-17(18)24-21(25)29-12-19(26)23-16-8-6-13(3)10-15(16)22/h6-11H,4-5,12H2,1-3H3,(H,23,26). The van der Waals surface area contributed by atoms with Gasteiger partial charge in [-0.1, -0.05) is 17.8 Å². The fraction of sp³-hybridized carbons (Fsp3) is 0.286. The summed E-state index contributed by atoms with van der Waals surface area (Å²) in [4.78, 5) is 28.8. The van der Waals surface area contributed by atoms with Crippen molar-refractivity contribution >= 4 is 40.4 Å². The number of nitrogens with zero attached hydrogens (tertiary/aromatic N) is 2.